The van der Waals surface area contributed by atoms with Crippen molar-refractivity contribution in [3.63, 3.8) is 0 Å². The Bertz CT molecular complexity index is 938. The average Bonchev–Trinajstić information content (AvgIpc) is 2.53. The molecule has 4 N–H and O–H groups in total. The molecule has 146 valence electrons. The molecule has 0 unspecified atom stereocenters. The highest BCUT2D eigenvalue weighted by Gasteiger charge is 2.34. The number of urea groups is 1. The second kappa shape index (κ2) is 7.51. The Labute approximate surface area is 159 Å². The molecule has 0 aliphatic carbocycles. The fourth-order valence-corrected chi connectivity index (χ4v) is 2.71. The molecule has 0 radical (unpaired) electrons. The second-order valence-electron chi connectivity index (χ2n) is 7.11. The molecule has 2 aromatic rings. The van der Waals surface area contributed by atoms with Gasteiger partial charge in [0.2, 0.25) is 0 Å². The van der Waals surface area contributed by atoms with E-state index in [4.69, 9.17) is 5.73 Å². The number of nitrogens with one attached hydrogen (secondary N) is 2. The molecule has 2 amide bonds. The van der Waals surface area contributed by atoms with Crippen LogP contribution in [0.3, 0.4) is 0 Å². The summed E-state index contributed by atoms with van der Waals surface area (Å²) in [6, 6.07) is 8.09. The number of carbonyl (C=O) groups is 1. The van der Waals surface area contributed by atoms with E-state index in [1.807, 2.05) is 13.8 Å². The van der Waals surface area contributed by atoms with E-state index in [9.17, 15) is 13.2 Å². The highest BCUT2D eigenvalue weighted by atomic mass is 32.2. The number of rotatable bonds is 5. The largest absolute Gasteiger partial charge is 0.384 e. The van der Waals surface area contributed by atoms with Crippen molar-refractivity contribution in [2.24, 2.45) is 0 Å². The van der Waals surface area contributed by atoms with Crippen LogP contribution in [-0.2, 0) is 14.6 Å². The first-order valence-corrected chi connectivity index (χ1v) is 10.3. The quantitative estimate of drug-likeness (QED) is 0.719. The molecule has 8 nitrogen and oxygen atoms in total. The summed E-state index contributed by atoms with van der Waals surface area (Å²) in [5.41, 5.74) is 7.46. The third-order valence-corrected chi connectivity index (χ3v) is 6.17. The number of sulfone groups is 1. The van der Waals surface area contributed by atoms with Crippen molar-refractivity contribution >= 4 is 27.4 Å². The van der Waals surface area contributed by atoms with E-state index in [1.54, 1.807) is 38.1 Å². The maximum absolute atomic E-state index is 12.1. The minimum Gasteiger partial charge on any atom is -0.384 e. The molecule has 1 aromatic carbocycles. The van der Waals surface area contributed by atoms with Crippen LogP contribution in [0.2, 0.25) is 0 Å². The molecule has 1 heterocycles. The van der Waals surface area contributed by atoms with Gasteiger partial charge in [0, 0.05) is 29.6 Å². The molecule has 0 aliphatic rings. The lowest BCUT2D eigenvalue weighted by atomic mass is 10.1. The number of anilines is 2. The normalized spacial score (nSPS) is 12.1. The van der Waals surface area contributed by atoms with E-state index >= 15 is 0 Å². The standard InChI is InChI=1S/C18H25N5O3S/c1-11(2)20-17(24)21-13-8-6-12(7-9-13)16-22-14(10-15(19)23-16)18(3,4)27(5,25)26/h6-11H,1-5H3,(H2,19,22,23)(H2,20,21,24). The molecule has 1 aromatic heterocycles. The molecule has 27 heavy (non-hydrogen) atoms. The Hall–Kier alpha value is -2.68. The van der Waals surface area contributed by atoms with Crippen molar-refractivity contribution in [2.75, 3.05) is 17.3 Å². The summed E-state index contributed by atoms with van der Waals surface area (Å²) in [5, 5.41) is 5.46. The smallest absolute Gasteiger partial charge is 0.319 e. The maximum atomic E-state index is 12.1. The van der Waals surface area contributed by atoms with Gasteiger partial charge in [-0.1, -0.05) is 0 Å². The minimum absolute atomic E-state index is 0.0292. The Morgan fingerprint density at radius 1 is 1.15 bits per heavy atom. The van der Waals surface area contributed by atoms with Gasteiger partial charge in [0.15, 0.2) is 15.7 Å². The fraction of sp³-hybridized carbons (Fsp3) is 0.389. The zero-order chi connectivity index (χ0) is 20.4. The molecule has 0 spiro atoms. The van der Waals surface area contributed by atoms with E-state index in [1.165, 1.54) is 6.07 Å². The number of aromatic nitrogens is 2. The lowest BCUT2D eigenvalue weighted by Crippen LogP contribution is -2.34. The van der Waals surface area contributed by atoms with Crippen molar-refractivity contribution < 1.29 is 13.2 Å². The lowest BCUT2D eigenvalue weighted by molar-refractivity contribution is 0.250. The summed E-state index contributed by atoms with van der Waals surface area (Å²) < 4.78 is 23.0. The van der Waals surface area contributed by atoms with Crippen LogP contribution in [-0.4, -0.2) is 36.7 Å². The molecule has 2 rings (SSSR count). The van der Waals surface area contributed by atoms with Gasteiger partial charge >= 0.3 is 6.03 Å². The molecule has 0 saturated heterocycles. The zero-order valence-electron chi connectivity index (χ0n) is 16.1. The highest BCUT2D eigenvalue weighted by Crippen LogP contribution is 2.30. The minimum atomic E-state index is -3.40. The van der Waals surface area contributed by atoms with E-state index in [0.717, 1.165) is 6.26 Å². The number of hydrogen-bond acceptors (Lipinski definition) is 6. The van der Waals surface area contributed by atoms with Crippen molar-refractivity contribution in [2.45, 2.75) is 38.5 Å². The van der Waals surface area contributed by atoms with E-state index in [0.29, 0.717) is 22.8 Å². The predicted molar refractivity (Wildman–Crippen MR) is 107 cm³/mol. The van der Waals surface area contributed by atoms with Gasteiger partial charge in [-0.25, -0.2) is 23.2 Å². The predicted octanol–water partition coefficient (Wildman–Crippen LogP) is 2.54. The molecular weight excluding hydrogens is 366 g/mol. The summed E-state index contributed by atoms with van der Waals surface area (Å²) in [4.78, 5) is 20.4. The van der Waals surface area contributed by atoms with Gasteiger partial charge in [0.05, 0.1) is 5.69 Å². The van der Waals surface area contributed by atoms with Gasteiger partial charge in [-0.05, 0) is 52.0 Å². The topological polar surface area (TPSA) is 127 Å². The summed E-state index contributed by atoms with van der Waals surface area (Å²) in [7, 11) is -3.40. The van der Waals surface area contributed by atoms with E-state index in [-0.39, 0.29) is 17.9 Å². The molecule has 0 fully saturated rings. The first-order valence-electron chi connectivity index (χ1n) is 8.43. The van der Waals surface area contributed by atoms with Gasteiger partial charge < -0.3 is 16.4 Å². The van der Waals surface area contributed by atoms with Crippen molar-refractivity contribution in [3.8, 4) is 11.4 Å². The number of nitrogens with two attached hydrogens (primary N) is 1. The van der Waals surface area contributed by atoms with E-state index in [2.05, 4.69) is 20.6 Å². The zero-order valence-corrected chi connectivity index (χ0v) is 16.9. The third kappa shape index (κ3) is 4.94. The number of nitrogen functional groups attached to an aromatic ring is 1. The van der Waals surface area contributed by atoms with Gasteiger partial charge in [0.1, 0.15) is 10.6 Å². The molecular formula is C18H25N5O3S. The molecule has 9 heteroatoms. The Balaban J connectivity index is 2.33. The number of hydrogen-bond donors (Lipinski definition) is 3. The van der Waals surface area contributed by atoms with Crippen molar-refractivity contribution in [1.82, 2.24) is 15.3 Å². The van der Waals surface area contributed by atoms with Crippen LogP contribution in [0.15, 0.2) is 30.3 Å². The van der Waals surface area contributed by atoms with E-state index < -0.39 is 14.6 Å². The number of benzene rings is 1. The molecule has 0 saturated carbocycles. The van der Waals surface area contributed by atoms with Gasteiger partial charge in [-0.2, -0.15) is 0 Å². The summed E-state index contributed by atoms with van der Waals surface area (Å²) in [5.74, 6) is 0.505. The van der Waals surface area contributed by atoms with Crippen molar-refractivity contribution in [3.05, 3.63) is 36.0 Å². The average molecular weight is 391 g/mol. The number of carbonyl (C=O) groups excluding carboxylic acids is 1. The first kappa shape index (κ1) is 20.6. The SMILES string of the molecule is CC(C)NC(=O)Nc1ccc(-c2nc(N)cc(C(C)(C)S(C)(=O)=O)n2)cc1. The highest BCUT2D eigenvalue weighted by molar-refractivity contribution is 7.91. The number of nitrogens with zero attached hydrogens (tertiary/aromatic N) is 2. The Kier molecular flexibility index (Phi) is 5.74. The first-order chi connectivity index (χ1) is 12.4. The summed E-state index contributed by atoms with van der Waals surface area (Å²) >= 11 is 0. The fourth-order valence-electron chi connectivity index (χ4n) is 2.23. The van der Waals surface area contributed by atoms with Crippen LogP contribution >= 0.6 is 0 Å². The van der Waals surface area contributed by atoms with Crippen LogP contribution in [0, 0.1) is 0 Å². The molecule has 0 bridgehead atoms. The van der Waals surface area contributed by atoms with Gasteiger partial charge in [-0.3, -0.25) is 0 Å². The third-order valence-electron chi connectivity index (χ3n) is 4.11. The van der Waals surface area contributed by atoms with Crippen LogP contribution in [0.4, 0.5) is 16.3 Å². The number of amides is 2. The Morgan fingerprint density at radius 3 is 2.26 bits per heavy atom. The summed E-state index contributed by atoms with van der Waals surface area (Å²) in [6.45, 7) is 6.90. The maximum Gasteiger partial charge on any atom is 0.319 e. The van der Waals surface area contributed by atoms with Crippen LogP contribution in [0.25, 0.3) is 11.4 Å². The Morgan fingerprint density at radius 2 is 1.74 bits per heavy atom. The second-order valence-corrected chi connectivity index (χ2v) is 9.68. The van der Waals surface area contributed by atoms with Crippen LogP contribution in [0.1, 0.15) is 33.4 Å². The summed E-state index contributed by atoms with van der Waals surface area (Å²) in [6.07, 6.45) is 1.16. The van der Waals surface area contributed by atoms with Gasteiger partial charge in [0.25, 0.3) is 0 Å². The van der Waals surface area contributed by atoms with Crippen LogP contribution < -0.4 is 16.4 Å². The lowest BCUT2D eigenvalue weighted by Gasteiger charge is -2.22. The van der Waals surface area contributed by atoms with Crippen molar-refractivity contribution in [1.29, 1.82) is 0 Å². The molecule has 0 aliphatic heterocycles. The van der Waals surface area contributed by atoms with Crippen LogP contribution in [0.5, 0.6) is 0 Å². The van der Waals surface area contributed by atoms with Gasteiger partial charge in [-0.15, -0.1) is 0 Å². The molecule has 0 atom stereocenters. The monoisotopic (exact) mass is 391 g/mol.